The van der Waals surface area contributed by atoms with E-state index in [2.05, 4.69) is 29.9 Å². The molecule has 0 aliphatic carbocycles. The van der Waals surface area contributed by atoms with Crippen LogP contribution in [0.4, 0.5) is 10.2 Å². The van der Waals surface area contributed by atoms with Gasteiger partial charge in [-0.05, 0) is 30.2 Å². The Morgan fingerprint density at radius 3 is 2.67 bits per heavy atom. The molecule has 0 atom stereocenters. The fraction of sp³-hybridized carbons (Fsp3) is 0.188. The number of anilines is 1. The van der Waals surface area contributed by atoms with E-state index in [9.17, 15) is 4.39 Å². The molecule has 3 aromatic rings. The molecular formula is C16H15ClFN3. The number of nitrogens with one attached hydrogen (secondary N) is 1. The van der Waals surface area contributed by atoms with Crippen molar-refractivity contribution in [3.8, 4) is 11.1 Å². The number of rotatable bonds is 2. The summed E-state index contributed by atoms with van der Waals surface area (Å²) in [7, 11) is 0. The minimum atomic E-state index is -0.544. The van der Waals surface area contributed by atoms with Crippen molar-refractivity contribution in [2.75, 3.05) is 5.73 Å². The zero-order valence-electron chi connectivity index (χ0n) is 11.7. The molecule has 3 nitrogen and oxygen atoms in total. The average molecular weight is 304 g/mol. The summed E-state index contributed by atoms with van der Waals surface area (Å²) in [5, 5.41) is 1.60. The van der Waals surface area contributed by atoms with Crippen LogP contribution in [0.3, 0.4) is 0 Å². The van der Waals surface area contributed by atoms with Gasteiger partial charge in [-0.15, -0.1) is 0 Å². The predicted octanol–water partition coefficient (Wildman–Crippen LogP) is 4.73. The third-order valence-electron chi connectivity index (χ3n) is 3.53. The number of nitrogens with two attached hydrogens (primary N) is 1. The standard InChI is InChI=1S/C16H15ClFN3/c1-8(2)14-5-9-3-12(17)11(6-15(9)21-14)10-4-13(18)16(19)20-7-10/h3-8,21H,1-2H3,(H2,19,20). The van der Waals surface area contributed by atoms with Crippen LogP contribution >= 0.6 is 11.6 Å². The van der Waals surface area contributed by atoms with Crippen molar-refractivity contribution in [2.45, 2.75) is 19.8 Å². The number of fused-ring (bicyclic) bond motifs is 1. The molecule has 3 rings (SSSR count). The average Bonchev–Trinajstić information content (AvgIpc) is 2.84. The number of hydrogen-bond donors (Lipinski definition) is 2. The number of nitrogen functional groups attached to an aromatic ring is 1. The lowest BCUT2D eigenvalue weighted by Crippen LogP contribution is -1.95. The molecule has 108 valence electrons. The number of aromatic amines is 1. The molecule has 0 fully saturated rings. The lowest BCUT2D eigenvalue weighted by Gasteiger charge is -2.06. The first-order chi connectivity index (χ1) is 9.95. The van der Waals surface area contributed by atoms with Crippen LogP contribution in [-0.2, 0) is 0 Å². The van der Waals surface area contributed by atoms with Gasteiger partial charge >= 0.3 is 0 Å². The zero-order valence-corrected chi connectivity index (χ0v) is 12.5. The number of pyridine rings is 1. The molecule has 0 radical (unpaired) electrons. The van der Waals surface area contributed by atoms with Gasteiger partial charge in [0, 0.05) is 38.9 Å². The summed E-state index contributed by atoms with van der Waals surface area (Å²) in [5.41, 5.74) is 8.85. The zero-order chi connectivity index (χ0) is 15.1. The highest BCUT2D eigenvalue weighted by atomic mass is 35.5. The van der Waals surface area contributed by atoms with Crippen LogP contribution in [0.5, 0.6) is 0 Å². The van der Waals surface area contributed by atoms with E-state index < -0.39 is 5.82 Å². The van der Waals surface area contributed by atoms with Crippen molar-refractivity contribution in [3.63, 3.8) is 0 Å². The predicted molar refractivity (Wildman–Crippen MR) is 85.0 cm³/mol. The molecule has 0 spiro atoms. The molecule has 21 heavy (non-hydrogen) atoms. The van der Waals surface area contributed by atoms with Gasteiger partial charge in [-0.2, -0.15) is 0 Å². The van der Waals surface area contributed by atoms with Gasteiger partial charge in [0.05, 0.1) is 0 Å². The van der Waals surface area contributed by atoms with Crippen LogP contribution in [0.25, 0.3) is 22.0 Å². The van der Waals surface area contributed by atoms with Gasteiger partial charge in [0.1, 0.15) is 0 Å². The third-order valence-corrected chi connectivity index (χ3v) is 3.84. The van der Waals surface area contributed by atoms with Crippen molar-refractivity contribution in [1.82, 2.24) is 9.97 Å². The van der Waals surface area contributed by atoms with E-state index in [1.54, 1.807) is 0 Å². The molecular weight excluding hydrogens is 289 g/mol. The van der Waals surface area contributed by atoms with E-state index >= 15 is 0 Å². The van der Waals surface area contributed by atoms with Crippen LogP contribution in [0.2, 0.25) is 5.02 Å². The van der Waals surface area contributed by atoms with Crippen LogP contribution in [-0.4, -0.2) is 9.97 Å². The molecule has 2 aromatic heterocycles. The molecule has 0 aliphatic heterocycles. The van der Waals surface area contributed by atoms with Crippen LogP contribution in [0, 0.1) is 5.82 Å². The normalized spacial score (nSPS) is 11.5. The number of halogens is 2. The second-order valence-corrected chi connectivity index (χ2v) is 5.80. The van der Waals surface area contributed by atoms with Gasteiger partial charge < -0.3 is 10.7 Å². The van der Waals surface area contributed by atoms with Gasteiger partial charge in [-0.1, -0.05) is 25.4 Å². The Bertz CT molecular complexity index is 824. The molecule has 2 heterocycles. The van der Waals surface area contributed by atoms with E-state index in [1.165, 1.54) is 12.3 Å². The summed E-state index contributed by atoms with van der Waals surface area (Å²) in [6.45, 7) is 4.24. The molecule has 0 bridgehead atoms. The Morgan fingerprint density at radius 2 is 2.00 bits per heavy atom. The first kappa shape index (κ1) is 13.9. The maximum atomic E-state index is 13.6. The molecule has 0 saturated carbocycles. The number of H-pyrrole nitrogens is 1. The van der Waals surface area contributed by atoms with Crippen molar-refractivity contribution < 1.29 is 4.39 Å². The molecule has 5 heteroatoms. The number of hydrogen-bond acceptors (Lipinski definition) is 2. The lowest BCUT2D eigenvalue weighted by atomic mass is 10.1. The van der Waals surface area contributed by atoms with Gasteiger partial charge in [-0.3, -0.25) is 0 Å². The summed E-state index contributed by atoms with van der Waals surface area (Å²) in [6.07, 6.45) is 1.53. The number of benzene rings is 1. The monoisotopic (exact) mass is 303 g/mol. The maximum Gasteiger partial charge on any atom is 0.165 e. The van der Waals surface area contributed by atoms with Gasteiger partial charge in [0.15, 0.2) is 11.6 Å². The lowest BCUT2D eigenvalue weighted by molar-refractivity contribution is 0.628. The second-order valence-electron chi connectivity index (χ2n) is 5.39. The smallest absolute Gasteiger partial charge is 0.165 e. The highest BCUT2D eigenvalue weighted by Gasteiger charge is 2.11. The molecule has 0 amide bonds. The first-order valence-corrected chi connectivity index (χ1v) is 7.07. The van der Waals surface area contributed by atoms with E-state index in [1.807, 2.05) is 12.1 Å². The topological polar surface area (TPSA) is 54.7 Å². The number of aromatic nitrogens is 2. The Kier molecular flexibility index (Phi) is 3.33. The van der Waals surface area contributed by atoms with Gasteiger partial charge in [0.25, 0.3) is 0 Å². The highest BCUT2D eigenvalue weighted by Crippen LogP contribution is 2.33. The molecule has 1 aromatic carbocycles. The Morgan fingerprint density at radius 1 is 1.24 bits per heavy atom. The summed E-state index contributed by atoms with van der Waals surface area (Å²) in [4.78, 5) is 7.20. The fourth-order valence-electron chi connectivity index (χ4n) is 2.30. The minimum Gasteiger partial charge on any atom is -0.381 e. The van der Waals surface area contributed by atoms with Crippen LogP contribution < -0.4 is 5.73 Å². The first-order valence-electron chi connectivity index (χ1n) is 6.69. The summed E-state index contributed by atoms with van der Waals surface area (Å²) < 4.78 is 13.6. The van der Waals surface area contributed by atoms with Gasteiger partial charge in [-0.25, -0.2) is 9.37 Å². The third kappa shape index (κ3) is 2.47. The Labute approximate surface area is 127 Å². The fourth-order valence-corrected chi connectivity index (χ4v) is 2.58. The van der Waals surface area contributed by atoms with Crippen LogP contribution in [0.1, 0.15) is 25.5 Å². The molecule has 0 saturated heterocycles. The van der Waals surface area contributed by atoms with E-state index in [-0.39, 0.29) is 5.82 Å². The summed E-state index contributed by atoms with van der Waals surface area (Å²) in [6, 6.07) is 7.22. The Balaban J connectivity index is 2.17. The minimum absolute atomic E-state index is 0.113. The second kappa shape index (κ2) is 5.04. The number of nitrogens with zero attached hydrogens (tertiary/aromatic N) is 1. The van der Waals surface area contributed by atoms with Crippen molar-refractivity contribution in [2.24, 2.45) is 0 Å². The highest BCUT2D eigenvalue weighted by molar-refractivity contribution is 6.34. The summed E-state index contributed by atoms with van der Waals surface area (Å²) in [5.74, 6) is -0.258. The van der Waals surface area contributed by atoms with Crippen molar-refractivity contribution >= 4 is 28.3 Å². The summed E-state index contributed by atoms with van der Waals surface area (Å²) >= 11 is 6.32. The molecule has 3 N–H and O–H groups in total. The van der Waals surface area contributed by atoms with E-state index in [0.29, 0.717) is 16.5 Å². The molecule has 0 unspecified atom stereocenters. The quantitative estimate of drug-likeness (QED) is 0.719. The SMILES string of the molecule is CC(C)c1cc2cc(Cl)c(-c3cnc(N)c(F)c3)cc2[nH]1. The maximum absolute atomic E-state index is 13.6. The van der Waals surface area contributed by atoms with E-state index in [0.717, 1.165) is 22.2 Å². The van der Waals surface area contributed by atoms with E-state index in [4.69, 9.17) is 17.3 Å². The van der Waals surface area contributed by atoms with Crippen molar-refractivity contribution in [3.05, 3.63) is 47.0 Å². The molecule has 0 aliphatic rings. The Hall–Kier alpha value is -2.07. The largest absolute Gasteiger partial charge is 0.381 e. The van der Waals surface area contributed by atoms with Crippen LogP contribution in [0.15, 0.2) is 30.5 Å². The van der Waals surface area contributed by atoms with Gasteiger partial charge in [0.2, 0.25) is 0 Å². The van der Waals surface area contributed by atoms with Crippen molar-refractivity contribution in [1.29, 1.82) is 0 Å².